The van der Waals surface area contributed by atoms with E-state index < -0.39 is 32.2 Å². The van der Waals surface area contributed by atoms with Gasteiger partial charge in [-0.2, -0.15) is 5.26 Å². The highest BCUT2D eigenvalue weighted by Crippen LogP contribution is 2.25. The van der Waals surface area contributed by atoms with Crippen molar-refractivity contribution >= 4 is 21.4 Å². The predicted molar refractivity (Wildman–Crippen MR) is 72.7 cm³/mol. The Labute approximate surface area is 119 Å². The number of rotatable bonds is 3. The largest absolute Gasteiger partial charge is 0.395 e. The van der Waals surface area contributed by atoms with Crippen LogP contribution >= 0.6 is 0 Å². The number of nitriles is 1. The summed E-state index contributed by atoms with van der Waals surface area (Å²) < 4.78 is 53.1. The number of nitrogens with two attached hydrogens (primary N) is 1. The molecule has 0 spiro atoms. The van der Waals surface area contributed by atoms with Crippen molar-refractivity contribution in [2.24, 2.45) is 0 Å². The molecule has 0 heterocycles. The van der Waals surface area contributed by atoms with Crippen LogP contribution in [0, 0.1) is 23.0 Å². The van der Waals surface area contributed by atoms with E-state index in [9.17, 15) is 17.2 Å². The second-order valence-corrected chi connectivity index (χ2v) is 5.71. The topological polar surface area (TPSA) is 96.0 Å². The quantitative estimate of drug-likeness (QED) is 0.850. The molecule has 0 fully saturated rings. The number of nitrogen functional groups attached to an aromatic ring is 1. The van der Waals surface area contributed by atoms with Gasteiger partial charge >= 0.3 is 0 Å². The summed E-state index contributed by atoms with van der Waals surface area (Å²) in [5.41, 5.74) is 4.50. The van der Waals surface area contributed by atoms with E-state index in [0.29, 0.717) is 0 Å². The van der Waals surface area contributed by atoms with Crippen molar-refractivity contribution < 1.29 is 17.2 Å². The number of para-hydroxylation sites is 1. The van der Waals surface area contributed by atoms with Crippen molar-refractivity contribution in [2.45, 2.75) is 4.90 Å². The van der Waals surface area contributed by atoms with Crippen LogP contribution < -0.4 is 10.5 Å². The van der Waals surface area contributed by atoms with Gasteiger partial charge in [0.05, 0.1) is 23.0 Å². The molecule has 0 saturated heterocycles. The fraction of sp³-hybridized carbons (Fsp3) is 0. The molecule has 0 radical (unpaired) electrons. The molecule has 21 heavy (non-hydrogen) atoms. The van der Waals surface area contributed by atoms with E-state index in [0.717, 1.165) is 24.3 Å². The normalized spacial score (nSPS) is 10.9. The van der Waals surface area contributed by atoms with Crippen LogP contribution in [0.15, 0.2) is 41.3 Å². The summed E-state index contributed by atoms with van der Waals surface area (Å²) in [4.78, 5) is -0.494. The standard InChI is InChI=1S/C13H9F2N3O2S/c14-9-2-1-3-12(13(9)17)21(19,20)18-11-5-4-8(7-16)6-10(11)15/h1-6,18H,17H2. The van der Waals surface area contributed by atoms with E-state index in [1.165, 1.54) is 12.1 Å². The zero-order valence-electron chi connectivity index (χ0n) is 10.5. The number of hydrogen-bond donors (Lipinski definition) is 2. The maximum atomic E-state index is 13.7. The number of benzene rings is 2. The van der Waals surface area contributed by atoms with Crippen molar-refractivity contribution in [3.8, 4) is 6.07 Å². The monoisotopic (exact) mass is 309 g/mol. The zero-order valence-corrected chi connectivity index (χ0v) is 11.3. The minimum Gasteiger partial charge on any atom is -0.395 e. The lowest BCUT2D eigenvalue weighted by Crippen LogP contribution is -2.16. The first-order valence-electron chi connectivity index (χ1n) is 5.61. The fourth-order valence-corrected chi connectivity index (χ4v) is 2.83. The Balaban J connectivity index is 2.43. The molecule has 8 heteroatoms. The number of halogens is 2. The Bertz CT molecular complexity index is 845. The van der Waals surface area contributed by atoms with E-state index in [2.05, 4.69) is 0 Å². The lowest BCUT2D eigenvalue weighted by atomic mass is 10.2. The van der Waals surface area contributed by atoms with E-state index in [4.69, 9.17) is 11.0 Å². The first-order chi connectivity index (χ1) is 9.85. The second kappa shape index (κ2) is 5.38. The molecule has 2 aromatic carbocycles. The molecule has 108 valence electrons. The van der Waals surface area contributed by atoms with Gasteiger partial charge in [-0.3, -0.25) is 4.72 Å². The summed E-state index contributed by atoms with van der Waals surface area (Å²) in [7, 11) is -4.25. The molecule has 0 aromatic heterocycles. The summed E-state index contributed by atoms with van der Waals surface area (Å²) in [6.07, 6.45) is 0. The second-order valence-electron chi connectivity index (χ2n) is 4.06. The maximum absolute atomic E-state index is 13.7. The molecule has 0 bridgehead atoms. The third-order valence-corrected chi connectivity index (χ3v) is 4.07. The van der Waals surface area contributed by atoms with Crippen LogP contribution in [0.4, 0.5) is 20.2 Å². The first-order valence-corrected chi connectivity index (χ1v) is 7.10. The Morgan fingerprint density at radius 2 is 1.86 bits per heavy atom. The number of nitrogens with zero attached hydrogens (tertiary/aromatic N) is 1. The molecule has 0 atom stereocenters. The van der Waals surface area contributed by atoms with Crippen LogP contribution in [-0.4, -0.2) is 8.42 Å². The lowest BCUT2D eigenvalue weighted by molar-refractivity contribution is 0.595. The number of anilines is 2. The molecule has 0 unspecified atom stereocenters. The summed E-state index contributed by atoms with van der Waals surface area (Å²) >= 11 is 0. The summed E-state index contributed by atoms with van der Waals surface area (Å²) in [6, 6.07) is 8.23. The van der Waals surface area contributed by atoms with E-state index in [1.807, 2.05) is 4.72 Å². The highest BCUT2D eigenvalue weighted by Gasteiger charge is 2.21. The summed E-state index contributed by atoms with van der Waals surface area (Å²) in [6.45, 7) is 0. The molecule has 0 saturated carbocycles. The third-order valence-electron chi connectivity index (χ3n) is 2.64. The average molecular weight is 309 g/mol. The minimum atomic E-state index is -4.25. The molecule has 0 aliphatic rings. The predicted octanol–water partition coefficient (Wildman–Crippen LogP) is 2.22. The van der Waals surface area contributed by atoms with Gasteiger partial charge in [-0.1, -0.05) is 6.07 Å². The van der Waals surface area contributed by atoms with Gasteiger partial charge in [0.2, 0.25) is 0 Å². The van der Waals surface area contributed by atoms with Gasteiger partial charge in [0.1, 0.15) is 16.5 Å². The number of nitrogens with one attached hydrogen (secondary N) is 1. The van der Waals surface area contributed by atoms with Gasteiger partial charge in [0, 0.05) is 0 Å². The molecule has 0 aliphatic heterocycles. The molecule has 2 rings (SSSR count). The number of sulfonamides is 1. The van der Waals surface area contributed by atoms with Crippen LogP contribution in [0.5, 0.6) is 0 Å². The van der Waals surface area contributed by atoms with E-state index in [-0.39, 0.29) is 11.3 Å². The van der Waals surface area contributed by atoms with Crippen LogP contribution in [-0.2, 0) is 10.0 Å². The van der Waals surface area contributed by atoms with Gasteiger partial charge in [-0.05, 0) is 30.3 Å². The van der Waals surface area contributed by atoms with Crippen LogP contribution in [0.2, 0.25) is 0 Å². The molecule has 5 nitrogen and oxygen atoms in total. The Hall–Kier alpha value is -2.66. The smallest absolute Gasteiger partial charge is 0.264 e. The molecular formula is C13H9F2N3O2S. The Morgan fingerprint density at radius 1 is 1.14 bits per heavy atom. The number of hydrogen-bond acceptors (Lipinski definition) is 4. The van der Waals surface area contributed by atoms with Crippen molar-refractivity contribution in [2.75, 3.05) is 10.5 Å². The summed E-state index contributed by atoms with van der Waals surface area (Å²) in [5, 5.41) is 8.62. The van der Waals surface area contributed by atoms with Crippen LogP contribution in [0.3, 0.4) is 0 Å². The van der Waals surface area contributed by atoms with Gasteiger partial charge in [0.25, 0.3) is 10.0 Å². The first kappa shape index (κ1) is 14.7. The van der Waals surface area contributed by atoms with E-state index in [1.54, 1.807) is 6.07 Å². The van der Waals surface area contributed by atoms with Gasteiger partial charge in [0.15, 0.2) is 0 Å². The highest BCUT2D eigenvalue weighted by molar-refractivity contribution is 7.92. The van der Waals surface area contributed by atoms with Crippen LogP contribution in [0.1, 0.15) is 5.56 Å². The molecule has 0 aliphatic carbocycles. The van der Waals surface area contributed by atoms with Crippen molar-refractivity contribution in [1.82, 2.24) is 0 Å². The highest BCUT2D eigenvalue weighted by atomic mass is 32.2. The van der Waals surface area contributed by atoms with Gasteiger partial charge < -0.3 is 5.73 Å². The molecule has 2 aromatic rings. The molecule has 0 amide bonds. The van der Waals surface area contributed by atoms with Gasteiger partial charge in [-0.15, -0.1) is 0 Å². The minimum absolute atomic E-state index is 0.0423. The molecular weight excluding hydrogens is 300 g/mol. The van der Waals surface area contributed by atoms with Crippen LogP contribution in [0.25, 0.3) is 0 Å². The average Bonchev–Trinajstić information content (AvgIpc) is 2.43. The summed E-state index contributed by atoms with van der Waals surface area (Å²) in [5.74, 6) is -1.81. The van der Waals surface area contributed by atoms with E-state index >= 15 is 0 Å². The maximum Gasteiger partial charge on any atom is 0.264 e. The Morgan fingerprint density at radius 3 is 2.48 bits per heavy atom. The third kappa shape index (κ3) is 2.93. The van der Waals surface area contributed by atoms with Crippen molar-refractivity contribution in [1.29, 1.82) is 5.26 Å². The molecule has 3 N–H and O–H groups in total. The van der Waals surface area contributed by atoms with Crippen molar-refractivity contribution in [3.63, 3.8) is 0 Å². The van der Waals surface area contributed by atoms with Crippen molar-refractivity contribution in [3.05, 3.63) is 53.6 Å². The zero-order chi connectivity index (χ0) is 15.6. The van der Waals surface area contributed by atoms with Gasteiger partial charge in [-0.25, -0.2) is 17.2 Å². The fourth-order valence-electron chi connectivity index (χ4n) is 1.62. The SMILES string of the molecule is N#Cc1ccc(NS(=O)(=O)c2cccc(F)c2N)c(F)c1. The Kier molecular flexibility index (Phi) is 3.78. The lowest BCUT2D eigenvalue weighted by Gasteiger charge is -2.11.